The highest BCUT2D eigenvalue weighted by atomic mass is 32.1. The fraction of sp³-hybridized carbons (Fsp3) is 0.235. The van der Waals surface area contributed by atoms with E-state index in [0.717, 1.165) is 41.3 Å². The van der Waals surface area contributed by atoms with Gasteiger partial charge < -0.3 is 9.73 Å². The summed E-state index contributed by atoms with van der Waals surface area (Å²) in [5, 5.41) is 4.48. The molecule has 3 nitrogen and oxygen atoms in total. The van der Waals surface area contributed by atoms with Crippen molar-refractivity contribution in [3.63, 3.8) is 0 Å². The number of thiazole rings is 1. The molecule has 0 radical (unpaired) electrons. The van der Waals surface area contributed by atoms with Crippen LogP contribution in [-0.2, 0) is 6.54 Å². The molecule has 0 saturated carbocycles. The Morgan fingerprint density at radius 3 is 2.71 bits per heavy atom. The minimum absolute atomic E-state index is 0.855. The third-order valence-corrected chi connectivity index (χ3v) is 4.33. The summed E-state index contributed by atoms with van der Waals surface area (Å²) in [6.45, 7) is 4.05. The summed E-state index contributed by atoms with van der Waals surface area (Å²) < 4.78 is 5.17. The molecule has 1 aromatic carbocycles. The smallest absolute Gasteiger partial charge is 0.127 e. The fourth-order valence-corrected chi connectivity index (χ4v) is 3.22. The van der Waals surface area contributed by atoms with Gasteiger partial charge in [0.05, 0.1) is 12.0 Å². The van der Waals surface area contributed by atoms with E-state index in [2.05, 4.69) is 36.5 Å². The molecule has 0 bridgehead atoms. The molecule has 1 N–H and O–H groups in total. The highest BCUT2D eigenvalue weighted by Gasteiger charge is 2.14. The second kappa shape index (κ2) is 6.70. The number of furan rings is 1. The van der Waals surface area contributed by atoms with Crippen molar-refractivity contribution in [2.45, 2.75) is 19.9 Å². The first-order chi connectivity index (χ1) is 10.4. The number of nitrogens with one attached hydrogen (secondary N) is 1. The van der Waals surface area contributed by atoms with Crippen molar-refractivity contribution in [3.05, 3.63) is 53.8 Å². The fourth-order valence-electron chi connectivity index (χ4n) is 2.18. The van der Waals surface area contributed by atoms with Crippen molar-refractivity contribution in [2.24, 2.45) is 0 Å². The van der Waals surface area contributed by atoms with Crippen LogP contribution >= 0.6 is 11.3 Å². The first kappa shape index (κ1) is 14.0. The maximum absolute atomic E-state index is 5.17. The molecule has 3 aromatic rings. The topological polar surface area (TPSA) is 38.1 Å². The molecule has 108 valence electrons. The van der Waals surface area contributed by atoms with Gasteiger partial charge >= 0.3 is 0 Å². The van der Waals surface area contributed by atoms with Crippen LogP contribution in [0.5, 0.6) is 0 Å². The van der Waals surface area contributed by atoms with Gasteiger partial charge in [0, 0.05) is 22.5 Å². The molecule has 21 heavy (non-hydrogen) atoms. The maximum atomic E-state index is 5.17. The van der Waals surface area contributed by atoms with Crippen molar-refractivity contribution in [2.75, 3.05) is 6.54 Å². The van der Waals surface area contributed by atoms with E-state index in [-0.39, 0.29) is 0 Å². The van der Waals surface area contributed by atoms with Gasteiger partial charge in [-0.05, 0) is 19.0 Å². The van der Waals surface area contributed by atoms with E-state index < -0.39 is 0 Å². The second-order valence-electron chi connectivity index (χ2n) is 4.85. The zero-order valence-corrected chi connectivity index (χ0v) is 12.8. The van der Waals surface area contributed by atoms with Crippen molar-refractivity contribution in [1.82, 2.24) is 10.3 Å². The van der Waals surface area contributed by atoms with Gasteiger partial charge in [0.15, 0.2) is 0 Å². The Kier molecular flexibility index (Phi) is 4.48. The highest BCUT2D eigenvalue weighted by Crippen LogP contribution is 2.33. The van der Waals surface area contributed by atoms with Gasteiger partial charge in [0.1, 0.15) is 11.3 Å². The highest BCUT2D eigenvalue weighted by molar-refractivity contribution is 7.15. The molecule has 0 saturated heterocycles. The van der Waals surface area contributed by atoms with Gasteiger partial charge in [-0.25, -0.2) is 4.98 Å². The Labute approximate surface area is 128 Å². The van der Waals surface area contributed by atoms with Gasteiger partial charge in [-0.15, -0.1) is 11.3 Å². The first-order valence-corrected chi connectivity index (χ1v) is 7.98. The Balaban J connectivity index is 1.96. The number of hydrogen-bond donors (Lipinski definition) is 1. The van der Waals surface area contributed by atoms with Gasteiger partial charge in [0.25, 0.3) is 0 Å². The average molecular weight is 298 g/mol. The predicted molar refractivity (Wildman–Crippen MR) is 87.2 cm³/mol. The quantitative estimate of drug-likeness (QED) is 0.677. The molecule has 0 aliphatic rings. The lowest BCUT2D eigenvalue weighted by Crippen LogP contribution is -2.13. The Morgan fingerprint density at radius 1 is 1.14 bits per heavy atom. The molecule has 0 amide bonds. The van der Waals surface area contributed by atoms with Crippen LogP contribution in [0.4, 0.5) is 0 Å². The van der Waals surface area contributed by atoms with Crippen LogP contribution in [0.1, 0.15) is 18.2 Å². The number of nitrogens with zero attached hydrogens (tertiary/aromatic N) is 1. The molecule has 0 unspecified atom stereocenters. The summed E-state index contributed by atoms with van der Waals surface area (Å²) in [7, 11) is 0. The lowest BCUT2D eigenvalue weighted by atomic mass is 10.1. The lowest BCUT2D eigenvalue weighted by Gasteiger charge is -2.03. The number of rotatable bonds is 6. The molecule has 0 spiro atoms. The molecular formula is C17H18N2OS. The number of aromatic nitrogens is 1. The molecular weight excluding hydrogens is 280 g/mol. The molecule has 2 heterocycles. The normalized spacial score (nSPS) is 10.9. The minimum atomic E-state index is 0.855. The van der Waals surface area contributed by atoms with Crippen LogP contribution in [0.3, 0.4) is 0 Å². The van der Waals surface area contributed by atoms with Crippen LogP contribution in [0, 0.1) is 0 Å². The summed E-state index contributed by atoms with van der Waals surface area (Å²) in [5.74, 6) is 0. The maximum Gasteiger partial charge on any atom is 0.127 e. The SMILES string of the molecule is CCCNCc1sc(-c2ccoc2)nc1-c1ccccc1. The number of hydrogen-bond acceptors (Lipinski definition) is 4. The van der Waals surface area contributed by atoms with Crippen molar-refractivity contribution < 1.29 is 4.42 Å². The molecule has 0 aliphatic heterocycles. The van der Waals surface area contributed by atoms with Crippen molar-refractivity contribution in [3.8, 4) is 21.8 Å². The summed E-state index contributed by atoms with van der Waals surface area (Å²) in [6.07, 6.45) is 4.57. The molecule has 0 atom stereocenters. The van der Waals surface area contributed by atoms with Crippen LogP contribution in [0.15, 0.2) is 53.3 Å². The van der Waals surface area contributed by atoms with Crippen LogP contribution in [0.2, 0.25) is 0 Å². The van der Waals surface area contributed by atoms with E-state index in [9.17, 15) is 0 Å². The summed E-state index contributed by atoms with van der Waals surface area (Å²) in [4.78, 5) is 6.09. The average Bonchev–Trinajstić information content (AvgIpc) is 3.18. The Hall–Kier alpha value is -1.91. The van der Waals surface area contributed by atoms with Crippen molar-refractivity contribution in [1.29, 1.82) is 0 Å². The molecule has 3 rings (SSSR count). The molecule has 4 heteroatoms. The zero-order chi connectivity index (χ0) is 14.5. The predicted octanol–water partition coefficient (Wildman–Crippen LogP) is 4.57. The third-order valence-electron chi connectivity index (χ3n) is 3.23. The van der Waals surface area contributed by atoms with E-state index in [0.29, 0.717) is 0 Å². The van der Waals surface area contributed by atoms with Crippen LogP contribution in [0.25, 0.3) is 21.8 Å². The summed E-state index contributed by atoms with van der Waals surface area (Å²) in [6, 6.07) is 12.3. The zero-order valence-electron chi connectivity index (χ0n) is 12.0. The molecule has 0 fully saturated rings. The minimum Gasteiger partial charge on any atom is -0.472 e. The number of benzene rings is 1. The lowest BCUT2D eigenvalue weighted by molar-refractivity contribution is 0.568. The van der Waals surface area contributed by atoms with E-state index in [1.165, 1.54) is 4.88 Å². The van der Waals surface area contributed by atoms with E-state index in [1.807, 2.05) is 12.1 Å². The van der Waals surface area contributed by atoms with Gasteiger partial charge in [-0.1, -0.05) is 37.3 Å². The standard InChI is InChI=1S/C17H18N2OS/c1-2-9-18-11-15-16(13-6-4-3-5-7-13)19-17(21-15)14-8-10-20-12-14/h3-8,10,12,18H,2,9,11H2,1H3. The van der Waals surface area contributed by atoms with Gasteiger partial charge in [-0.2, -0.15) is 0 Å². The first-order valence-electron chi connectivity index (χ1n) is 7.17. The Bertz CT molecular complexity index is 674. The summed E-state index contributed by atoms with van der Waals surface area (Å²) in [5.41, 5.74) is 3.27. The largest absolute Gasteiger partial charge is 0.472 e. The van der Waals surface area contributed by atoms with E-state index in [1.54, 1.807) is 23.9 Å². The van der Waals surface area contributed by atoms with Crippen LogP contribution < -0.4 is 5.32 Å². The van der Waals surface area contributed by atoms with Gasteiger partial charge in [-0.3, -0.25) is 0 Å². The van der Waals surface area contributed by atoms with Crippen LogP contribution in [-0.4, -0.2) is 11.5 Å². The molecule has 2 aromatic heterocycles. The van der Waals surface area contributed by atoms with Crippen molar-refractivity contribution >= 4 is 11.3 Å². The monoisotopic (exact) mass is 298 g/mol. The summed E-state index contributed by atoms with van der Waals surface area (Å²) >= 11 is 1.73. The third kappa shape index (κ3) is 3.23. The second-order valence-corrected chi connectivity index (χ2v) is 5.93. The molecule has 0 aliphatic carbocycles. The van der Waals surface area contributed by atoms with E-state index >= 15 is 0 Å². The van der Waals surface area contributed by atoms with Gasteiger partial charge in [0.2, 0.25) is 0 Å². The van der Waals surface area contributed by atoms with E-state index in [4.69, 9.17) is 9.40 Å². The Morgan fingerprint density at radius 2 is 2.00 bits per heavy atom.